The van der Waals surface area contributed by atoms with Gasteiger partial charge in [-0.3, -0.25) is 14.2 Å². The van der Waals surface area contributed by atoms with Crippen LogP contribution in [0.1, 0.15) is 45.1 Å². The van der Waals surface area contributed by atoms with Gasteiger partial charge in [0, 0.05) is 24.0 Å². The minimum atomic E-state index is -0.120. The lowest BCUT2D eigenvalue weighted by Gasteiger charge is -2.12. The maximum absolute atomic E-state index is 13.3. The summed E-state index contributed by atoms with van der Waals surface area (Å²) in [5.74, 6) is 0.0530. The second kappa shape index (κ2) is 11.9. The van der Waals surface area contributed by atoms with Crippen LogP contribution in [0.25, 0.3) is 22.2 Å². The smallest absolute Gasteiger partial charge is 0.278 e. The molecule has 0 aliphatic carbocycles. The minimum absolute atomic E-state index is 0.101. The van der Waals surface area contributed by atoms with Gasteiger partial charge in [-0.15, -0.1) is 0 Å². The van der Waals surface area contributed by atoms with E-state index in [0.29, 0.717) is 22.7 Å². The third-order valence-corrected chi connectivity index (χ3v) is 6.94. The molecule has 0 radical (unpaired) electrons. The normalized spacial score (nSPS) is 11.1. The Morgan fingerprint density at radius 1 is 1.03 bits per heavy atom. The summed E-state index contributed by atoms with van der Waals surface area (Å²) in [7, 11) is 0. The highest BCUT2D eigenvalue weighted by Crippen LogP contribution is 2.28. The first kappa shape index (κ1) is 24.8. The fraction of sp³-hybridized carbons (Fsp3) is 0.321. The van der Waals surface area contributed by atoms with Gasteiger partial charge < -0.3 is 10.3 Å². The lowest BCUT2D eigenvalue weighted by atomic mass is 10.1. The Hall–Kier alpha value is -3.32. The molecule has 35 heavy (non-hydrogen) atoms. The molecule has 2 aromatic carbocycles. The molecule has 0 bridgehead atoms. The Bertz CT molecular complexity index is 1330. The molecule has 2 heterocycles. The van der Waals surface area contributed by atoms with E-state index in [9.17, 15) is 9.59 Å². The standard InChI is InChI=1S/C28H32N4O2S/c1-3-5-10-20-13-15-22(16-14-20)30-24(33)19-35-28-31-25-23(21-11-8-7-9-12-21)18-29-26(25)27(34)32(28)17-6-4-2/h7-9,11-16,18,29H,3-6,10,17,19H2,1-2H3,(H,30,33). The fourth-order valence-corrected chi connectivity index (χ4v) is 4.82. The van der Waals surface area contributed by atoms with Crippen molar-refractivity contribution >= 4 is 34.4 Å². The number of aromatic nitrogens is 3. The minimum Gasteiger partial charge on any atom is -0.355 e. The number of carbonyl (C=O) groups excluding carboxylic acids is 1. The van der Waals surface area contributed by atoms with Crippen LogP contribution in [0.4, 0.5) is 5.69 Å². The van der Waals surface area contributed by atoms with Crippen LogP contribution in [-0.4, -0.2) is 26.2 Å². The fourth-order valence-electron chi connectivity index (χ4n) is 4.00. The van der Waals surface area contributed by atoms with Crippen LogP contribution in [-0.2, 0) is 17.8 Å². The van der Waals surface area contributed by atoms with Crippen molar-refractivity contribution in [3.63, 3.8) is 0 Å². The average Bonchev–Trinajstić information content (AvgIpc) is 3.31. The molecule has 4 rings (SSSR count). The number of benzene rings is 2. The van der Waals surface area contributed by atoms with Crippen molar-refractivity contribution in [2.45, 2.75) is 57.7 Å². The van der Waals surface area contributed by atoms with E-state index in [1.807, 2.05) is 48.7 Å². The highest BCUT2D eigenvalue weighted by atomic mass is 32.2. The highest BCUT2D eigenvalue weighted by molar-refractivity contribution is 7.99. The highest BCUT2D eigenvalue weighted by Gasteiger charge is 2.17. The monoisotopic (exact) mass is 488 g/mol. The zero-order valence-corrected chi connectivity index (χ0v) is 21.2. The lowest BCUT2D eigenvalue weighted by Crippen LogP contribution is -2.24. The first-order valence-electron chi connectivity index (χ1n) is 12.3. The van der Waals surface area contributed by atoms with Gasteiger partial charge in [0.2, 0.25) is 5.91 Å². The summed E-state index contributed by atoms with van der Waals surface area (Å²) >= 11 is 1.30. The van der Waals surface area contributed by atoms with Crippen molar-refractivity contribution in [2.75, 3.05) is 11.1 Å². The molecule has 4 aromatic rings. The van der Waals surface area contributed by atoms with Gasteiger partial charge in [0.05, 0.1) is 5.75 Å². The number of carbonyl (C=O) groups is 1. The van der Waals surface area contributed by atoms with Crippen molar-refractivity contribution in [3.8, 4) is 11.1 Å². The zero-order chi connectivity index (χ0) is 24.6. The van der Waals surface area contributed by atoms with Crippen LogP contribution in [0.15, 0.2) is 70.7 Å². The summed E-state index contributed by atoms with van der Waals surface area (Å²) in [5, 5.41) is 3.53. The first-order chi connectivity index (χ1) is 17.1. The number of fused-ring (bicyclic) bond motifs is 1. The molecule has 0 atom stereocenters. The molecule has 7 heteroatoms. The van der Waals surface area contributed by atoms with E-state index in [4.69, 9.17) is 4.98 Å². The molecule has 0 fully saturated rings. The second-order valence-corrected chi connectivity index (χ2v) is 9.58. The molecular formula is C28H32N4O2S. The van der Waals surface area contributed by atoms with Crippen LogP contribution >= 0.6 is 11.8 Å². The Balaban J connectivity index is 1.55. The van der Waals surface area contributed by atoms with Crippen molar-refractivity contribution in [3.05, 3.63) is 76.7 Å². The van der Waals surface area contributed by atoms with Crippen molar-refractivity contribution in [1.29, 1.82) is 0 Å². The molecular weight excluding hydrogens is 456 g/mol. The maximum atomic E-state index is 13.3. The number of aryl methyl sites for hydroxylation is 1. The molecule has 0 saturated heterocycles. The molecule has 0 unspecified atom stereocenters. The van der Waals surface area contributed by atoms with E-state index < -0.39 is 0 Å². The maximum Gasteiger partial charge on any atom is 0.278 e. The number of unbranched alkanes of at least 4 members (excludes halogenated alkanes) is 2. The van der Waals surface area contributed by atoms with E-state index in [1.54, 1.807) is 4.57 Å². The number of rotatable bonds is 11. The molecule has 2 N–H and O–H groups in total. The van der Waals surface area contributed by atoms with E-state index in [1.165, 1.54) is 17.3 Å². The van der Waals surface area contributed by atoms with E-state index in [-0.39, 0.29) is 17.2 Å². The number of nitrogens with zero attached hydrogens (tertiary/aromatic N) is 2. The van der Waals surface area contributed by atoms with Gasteiger partial charge in [-0.05, 0) is 42.5 Å². The number of hydrogen-bond acceptors (Lipinski definition) is 4. The van der Waals surface area contributed by atoms with Crippen molar-refractivity contribution in [1.82, 2.24) is 14.5 Å². The summed E-state index contributed by atoms with van der Waals surface area (Å²) in [4.78, 5) is 34.0. The Labute approximate surface area is 210 Å². The van der Waals surface area contributed by atoms with Crippen molar-refractivity contribution in [2.24, 2.45) is 0 Å². The second-order valence-electron chi connectivity index (χ2n) is 8.63. The summed E-state index contributed by atoms with van der Waals surface area (Å²) in [6.45, 7) is 4.84. The van der Waals surface area contributed by atoms with Gasteiger partial charge in [0.25, 0.3) is 5.56 Å². The number of thioether (sulfide) groups is 1. The topological polar surface area (TPSA) is 79.8 Å². The number of amides is 1. The van der Waals surface area contributed by atoms with Crippen molar-refractivity contribution < 1.29 is 4.79 Å². The van der Waals surface area contributed by atoms with Crippen LogP contribution in [0, 0.1) is 0 Å². The van der Waals surface area contributed by atoms with E-state index in [0.717, 1.165) is 48.9 Å². The molecule has 0 saturated carbocycles. The predicted molar refractivity (Wildman–Crippen MR) is 145 cm³/mol. The molecule has 182 valence electrons. The average molecular weight is 489 g/mol. The number of nitrogens with one attached hydrogen (secondary N) is 2. The number of hydrogen-bond donors (Lipinski definition) is 2. The van der Waals surface area contributed by atoms with E-state index in [2.05, 4.69) is 36.3 Å². The molecule has 0 aliphatic heterocycles. The van der Waals surface area contributed by atoms with Crippen LogP contribution in [0.5, 0.6) is 0 Å². The quantitative estimate of drug-likeness (QED) is 0.193. The summed E-state index contributed by atoms with van der Waals surface area (Å²) in [5.41, 5.74) is 4.97. The van der Waals surface area contributed by atoms with Gasteiger partial charge >= 0.3 is 0 Å². The van der Waals surface area contributed by atoms with Gasteiger partial charge in [-0.1, -0.05) is 80.9 Å². The Morgan fingerprint density at radius 2 is 1.77 bits per heavy atom. The Morgan fingerprint density at radius 3 is 2.49 bits per heavy atom. The van der Waals surface area contributed by atoms with Gasteiger partial charge in [-0.2, -0.15) is 0 Å². The van der Waals surface area contributed by atoms with Gasteiger partial charge in [-0.25, -0.2) is 4.98 Å². The predicted octanol–water partition coefficient (Wildman–Crippen LogP) is 6.27. The molecule has 6 nitrogen and oxygen atoms in total. The van der Waals surface area contributed by atoms with Gasteiger partial charge in [0.15, 0.2) is 5.16 Å². The molecule has 0 aliphatic rings. The SMILES string of the molecule is CCCCc1ccc(NC(=O)CSc2nc3c(-c4ccccc4)c[nH]c3c(=O)n2CCCC)cc1. The Kier molecular flexibility index (Phi) is 8.42. The summed E-state index contributed by atoms with van der Waals surface area (Å²) < 4.78 is 1.69. The number of H-pyrrole nitrogens is 1. The van der Waals surface area contributed by atoms with E-state index >= 15 is 0 Å². The van der Waals surface area contributed by atoms with Crippen LogP contribution in [0.3, 0.4) is 0 Å². The van der Waals surface area contributed by atoms with Crippen LogP contribution in [0.2, 0.25) is 0 Å². The molecule has 1 amide bonds. The third kappa shape index (κ3) is 6.03. The first-order valence-corrected chi connectivity index (χ1v) is 13.3. The largest absolute Gasteiger partial charge is 0.355 e. The van der Waals surface area contributed by atoms with Gasteiger partial charge in [0.1, 0.15) is 11.0 Å². The third-order valence-electron chi connectivity index (χ3n) is 5.96. The molecule has 0 spiro atoms. The molecule has 2 aromatic heterocycles. The number of aromatic amines is 1. The van der Waals surface area contributed by atoms with Crippen LogP contribution < -0.4 is 10.9 Å². The summed E-state index contributed by atoms with van der Waals surface area (Å²) in [6.07, 6.45) is 7.03. The number of anilines is 1. The summed E-state index contributed by atoms with van der Waals surface area (Å²) in [6, 6.07) is 17.9. The lowest BCUT2D eigenvalue weighted by molar-refractivity contribution is -0.113. The zero-order valence-electron chi connectivity index (χ0n) is 20.3.